The van der Waals surface area contributed by atoms with Crippen molar-refractivity contribution in [2.45, 2.75) is 18.0 Å². The Hall–Kier alpha value is -3.08. The summed E-state index contributed by atoms with van der Waals surface area (Å²) in [5.74, 6) is 3.34. The van der Waals surface area contributed by atoms with Crippen molar-refractivity contribution in [3.63, 3.8) is 0 Å². The first-order chi connectivity index (χ1) is 15.6. The molecule has 0 bridgehead atoms. The van der Waals surface area contributed by atoms with Crippen molar-refractivity contribution >= 4 is 0 Å². The van der Waals surface area contributed by atoms with Gasteiger partial charge in [0.1, 0.15) is 5.75 Å². The minimum atomic E-state index is -1.38. The third kappa shape index (κ3) is 2.83. The van der Waals surface area contributed by atoms with Crippen LogP contribution in [-0.4, -0.2) is 58.0 Å². The molecule has 2 fully saturated rings. The first-order valence-electron chi connectivity index (χ1n) is 10.2. The Morgan fingerprint density at radius 2 is 1.41 bits per heavy atom. The van der Waals surface area contributed by atoms with Crippen molar-refractivity contribution < 1.29 is 47.7 Å². The Bertz CT molecular complexity index is 1060. The normalized spacial score (nSPS) is 29.2. The molecule has 0 unspecified atom stereocenters. The van der Waals surface area contributed by atoms with Gasteiger partial charge in [0.15, 0.2) is 40.1 Å². The van der Waals surface area contributed by atoms with Gasteiger partial charge in [-0.05, 0) is 6.07 Å². The van der Waals surface area contributed by atoms with Gasteiger partial charge in [-0.15, -0.1) is 0 Å². The van der Waals surface area contributed by atoms with Gasteiger partial charge >= 0.3 is 0 Å². The third-order valence-corrected chi connectivity index (χ3v) is 6.26. The van der Waals surface area contributed by atoms with E-state index >= 15 is 0 Å². The standard InChI is InChI=1S/C22H22O10/c1-24-13-4-16-15(28-9-29-16)3-11(13)20-12-7-26-21(22(12,23)8-27-20)32-19-6-18-17(30-10-31-18)5-14(19)25-2/h3-6,12,20-21,23H,7-10H2,1-2H3/t12-,20-,21-,22-/m1/s1. The molecule has 2 saturated heterocycles. The number of hydrogen-bond acceptors (Lipinski definition) is 10. The molecular weight excluding hydrogens is 424 g/mol. The zero-order valence-corrected chi connectivity index (χ0v) is 17.5. The highest BCUT2D eigenvalue weighted by Crippen LogP contribution is 2.52. The summed E-state index contributed by atoms with van der Waals surface area (Å²) in [5.41, 5.74) is -0.629. The van der Waals surface area contributed by atoms with Gasteiger partial charge in [-0.2, -0.15) is 0 Å². The maximum atomic E-state index is 11.5. The molecule has 2 aromatic carbocycles. The second-order valence-corrected chi connectivity index (χ2v) is 7.92. The average Bonchev–Trinajstić information content (AvgIpc) is 3.57. The molecule has 4 atom stereocenters. The molecule has 0 amide bonds. The van der Waals surface area contributed by atoms with E-state index < -0.39 is 18.0 Å². The van der Waals surface area contributed by atoms with E-state index in [-0.39, 0.29) is 32.7 Å². The predicted molar refractivity (Wildman–Crippen MR) is 106 cm³/mol. The van der Waals surface area contributed by atoms with Crippen LogP contribution in [0.5, 0.6) is 40.2 Å². The Morgan fingerprint density at radius 3 is 2.06 bits per heavy atom. The summed E-state index contributed by atoms with van der Waals surface area (Å²) in [6.07, 6.45) is -1.44. The molecule has 0 radical (unpaired) electrons. The monoisotopic (exact) mass is 446 g/mol. The summed E-state index contributed by atoms with van der Waals surface area (Å²) < 4.78 is 50.7. The summed E-state index contributed by atoms with van der Waals surface area (Å²) in [7, 11) is 3.10. The van der Waals surface area contributed by atoms with Crippen LogP contribution in [0.1, 0.15) is 11.7 Å². The van der Waals surface area contributed by atoms with Crippen LogP contribution in [0, 0.1) is 5.92 Å². The van der Waals surface area contributed by atoms with E-state index in [0.717, 1.165) is 5.56 Å². The highest BCUT2D eigenvalue weighted by molar-refractivity contribution is 5.55. The Balaban J connectivity index is 1.28. The number of hydrogen-bond donors (Lipinski definition) is 1. The second-order valence-electron chi connectivity index (χ2n) is 7.92. The van der Waals surface area contributed by atoms with Gasteiger partial charge in [0, 0.05) is 23.8 Å². The zero-order valence-electron chi connectivity index (χ0n) is 17.5. The van der Waals surface area contributed by atoms with E-state index in [0.29, 0.717) is 40.2 Å². The van der Waals surface area contributed by atoms with Crippen LogP contribution in [-0.2, 0) is 9.47 Å². The van der Waals surface area contributed by atoms with Crippen molar-refractivity contribution in [1.29, 1.82) is 0 Å². The maximum absolute atomic E-state index is 11.5. The minimum Gasteiger partial charge on any atom is -0.496 e. The van der Waals surface area contributed by atoms with Crippen molar-refractivity contribution in [1.82, 2.24) is 0 Å². The van der Waals surface area contributed by atoms with Gasteiger partial charge in [0.25, 0.3) is 0 Å². The number of methoxy groups -OCH3 is 2. The lowest BCUT2D eigenvalue weighted by atomic mass is 9.85. The maximum Gasteiger partial charge on any atom is 0.231 e. The van der Waals surface area contributed by atoms with Crippen molar-refractivity contribution in [3.05, 3.63) is 29.8 Å². The summed E-state index contributed by atoms with van der Waals surface area (Å²) in [6.45, 7) is 0.533. The Kier molecular flexibility index (Phi) is 4.42. The molecule has 170 valence electrons. The van der Waals surface area contributed by atoms with Crippen LogP contribution in [0.4, 0.5) is 0 Å². The zero-order chi connectivity index (χ0) is 21.9. The van der Waals surface area contributed by atoms with E-state index in [4.69, 9.17) is 42.6 Å². The van der Waals surface area contributed by atoms with Crippen molar-refractivity contribution in [2.75, 3.05) is 41.0 Å². The molecule has 1 N–H and O–H groups in total. The average molecular weight is 446 g/mol. The third-order valence-electron chi connectivity index (χ3n) is 6.26. The van der Waals surface area contributed by atoms with Crippen LogP contribution in [0.15, 0.2) is 24.3 Å². The number of ether oxygens (including phenoxy) is 9. The molecule has 0 aliphatic carbocycles. The molecule has 4 aliphatic heterocycles. The van der Waals surface area contributed by atoms with Crippen molar-refractivity contribution in [3.8, 4) is 40.2 Å². The fourth-order valence-electron chi connectivity index (χ4n) is 4.57. The van der Waals surface area contributed by atoms with Gasteiger partial charge in [-0.3, -0.25) is 0 Å². The first kappa shape index (κ1) is 19.6. The summed E-state index contributed by atoms with van der Waals surface area (Å²) in [6, 6.07) is 6.93. The smallest absolute Gasteiger partial charge is 0.231 e. The predicted octanol–water partition coefficient (Wildman–Crippen LogP) is 2.02. The van der Waals surface area contributed by atoms with Crippen LogP contribution >= 0.6 is 0 Å². The number of rotatable bonds is 5. The molecular formula is C22H22O10. The molecule has 32 heavy (non-hydrogen) atoms. The molecule has 6 rings (SSSR count). The molecule has 4 aliphatic rings. The largest absolute Gasteiger partial charge is 0.496 e. The fraction of sp³-hybridized carbons (Fsp3) is 0.455. The van der Waals surface area contributed by atoms with Gasteiger partial charge in [-0.1, -0.05) is 0 Å². The van der Waals surface area contributed by atoms with E-state index in [1.54, 1.807) is 25.3 Å². The highest BCUT2D eigenvalue weighted by atomic mass is 16.7. The van der Waals surface area contributed by atoms with Crippen LogP contribution in [0.2, 0.25) is 0 Å². The summed E-state index contributed by atoms with van der Waals surface area (Å²) in [4.78, 5) is 0. The molecule has 2 aromatic rings. The van der Waals surface area contributed by atoms with Crippen LogP contribution in [0.25, 0.3) is 0 Å². The molecule has 0 aromatic heterocycles. The Morgan fingerprint density at radius 1 is 0.812 bits per heavy atom. The topological polar surface area (TPSA) is 103 Å². The van der Waals surface area contributed by atoms with Crippen molar-refractivity contribution in [2.24, 2.45) is 5.92 Å². The number of benzene rings is 2. The van der Waals surface area contributed by atoms with Crippen LogP contribution in [0.3, 0.4) is 0 Å². The lowest BCUT2D eigenvalue weighted by molar-refractivity contribution is -0.152. The van der Waals surface area contributed by atoms with E-state index in [2.05, 4.69) is 0 Å². The van der Waals surface area contributed by atoms with E-state index in [9.17, 15) is 5.11 Å². The van der Waals surface area contributed by atoms with E-state index in [1.165, 1.54) is 7.11 Å². The van der Waals surface area contributed by atoms with Crippen LogP contribution < -0.4 is 33.2 Å². The fourth-order valence-corrected chi connectivity index (χ4v) is 4.57. The quantitative estimate of drug-likeness (QED) is 0.734. The summed E-state index contributed by atoms with van der Waals surface area (Å²) in [5, 5.41) is 11.5. The van der Waals surface area contributed by atoms with E-state index in [1.807, 2.05) is 6.07 Å². The number of fused-ring (bicyclic) bond motifs is 3. The first-order valence-corrected chi connectivity index (χ1v) is 10.2. The summed E-state index contributed by atoms with van der Waals surface area (Å²) >= 11 is 0. The van der Waals surface area contributed by atoms with Gasteiger partial charge in [0.2, 0.25) is 19.9 Å². The molecule has 10 nitrogen and oxygen atoms in total. The van der Waals surface area contributed by atoms with Gasteiger partial charge in [-0.25, -0.2) is 0 Å². The SMILES string of the molecule is COc1cc2c(cc1O[C@H]1OC[C@@H]3[C@@H](c4cc5c(cc4OC)OCO5)OC[C@]13O)OCO2. The molecule has 0 saturated carbocycles. The highest BCUT2D eigenvalue weighted by Gasteiger charge is 2.61. The lowest BCUT2D eigenvalue weighted by Crippen LogP contribution is -2.47. The van der Waals surface area contributed by atoms with Gasteiger partial charge in [0.05, 0.1) is 39.5 Å². The Labute approximate surface area is 183 Å². The molecule has 10 heteroatoms. The van der Waals surface area contributed by atoms with Gasteiger partial charge < -0.3 is 47.7 Å². The molecule has 4 heterocycles. The minimum absolute atomic E-state index is 0.0253. The molecule has 0 spiro atoms. The second kappa shape index (κ2) is 7.22. The lowest BCUT2D eigenvalue weighted by Gasteiger charge is -2.27. The number of aliphatic hydroxyl groups is 1.